The minimum Gasteiger partial charge on any atom is -0.353 e. The van der Waals surface area contributed by atoms with Gasteiger partial charge in [-0.15, -0.1) is 0 Å². The zero-order chi connectivity index (χ0) is 14.9. The number of ether oxygens (including phenoxy) is 4. The molecule has 21 heavy (non-hydrogen) atoms. The molecule has 1 saturated carbocycles. The van der Waals surface area contributed by atoms with Crippen LogP contribution in [0.1, 0.15) is 46.0 Å². The molecule has 1 unspecified atom stereocenters. The molecule has 0 aromatic rings. The molecule has 0 radical (unpaired) electrons. The van der Waals surface area contributed by atoms with E-state index in [0.717, 1.165) is 45.0 Å². The van der Waals surface area contributed by atoms with E-state index in [1.807, 2.05) is 13.8 Å². The molecule has 120 valence electrons. The molecule has 0 bridgehead atoms. The molecule has 0 aromatic carbocycles. The molecule has 0 amide bonds. The fourth-order valence-electron chi connectivity index (χ4n) is 3.68. The van der Waals surface area contributed by atoms with Crippen LogP contribution in [-0.2, 0) is 23.7 Å². The summed E-state index contributed by atoms with van der Waals surface area (Å²) in [6.45, 7) is 5.18. The molecule has 3 fully saturated rings. The summed E-state index contributed by atoms with van der Waals surface area (Å²) < 4.78 is 23.4. The highest BCUT2D eigenvalue weighted by atomic mass is 16.7. The van der Waals surface area contributed by atoms with Gasteiger partial charge in [-0.3, -0.25) is 0 Å². The van der Waals surface area contributed by atoms with Crippen LogP contribution >= 0.6 is 0 Å². The maximum absolute atomic E-state index is 11.6. The summed E-state index contributed by atoms with van der Waals surface area (Å²) in [7, 11) is 0. The maximum atomic E-state index is 11.6. The fraction of sp³-hybridized carbons (Fsp3) is 0.938. The lowest BCUT2D eigenvalue weighted by atomic mass is 9.75. The van der Waals surface area contributed by atoms with E-state index in [9.17, 15) is 4.79 Å². The predicted molar refractivity (Wildman–Crippen MR) is 75.6 cm³/mol. The Morgan fingerprint density at radius 1 is 1.19 bits per heavy atom. The summed E-state index contributed by atoms with van der Waals surface area (Å²) in [5.74, 6) is -0.613. The number of fused-ring (bicyclic) bond motifs is 1. The number of hydrogen-bond donors (Lipinski definition) is 0. The van der Waals surface area contributed by atoms with Crippen molar-refractivity contribution < 1.29 is 23.7 Å². The predicted octanol–water partition coefficient (Wildman–Crippen LogP) is 2.27. The Bertz CT molecular complexity index is 364. The Morgan fingerprint density at radius 3 is 2.76 bits per heavy atom. The van der Waals surface area contributed by atoms with Crippen LogP contribution in [0.4, 0.5) is 0 Å². The van der Waals surface area contributed by atoms with Gasteiger partial charge in [0.05, 0.1) is 18.8 Å². The van der Waals surface area contributed by atoms with Crippen LogP contribution in [0.2, 0.25) is 0 Å². The second-order valence-electron chi connectivity index (χ2n) is 6.79. The van der Waals surface area contributed by atoms with Crippen LogP contribution in [-0.4, -0.2) is 43.8 Å². The van der Waals surface area contributed by atoms with E-state index in [1.165, 1.54) is 0 Å². The van der Waals surface area contributed by atoms with Crippen LogP contribution in [0, 0.1) is 11.8 Å². The summed E-state index contributed by atoms with van der Waals surface area (Å²) in [6.07, 6.45) is 5.82. The van der Waals surface area contributed by atoms with Gasteiger partial charge in [0.1, 0.15) is 6.29 Å². The Hall–Kier alpha value is -0.490. The first-order chi connectivity index (χ1) is 10.1. The van der Waals surface area contributed by atoms with Crippen molar-refractivity contribution >= 4 is 6.29 Å². The molecular formula is C16H26O5. The van der Waals surface area contributed by atoms with Crippen LogP contribution in [0.25, 0.3) is 0 Å². The molecule has 2 heterocycles. The maximum Gasteiger partial charge on any atom is 0.163 e. The highest BCUT2D eigenvalue weighted by Crippen LogP contribution is 2.40. The van der Waals surface area contributed by atoms with E-state index in [4.69, 9.17) is 18.9 Å². The molecule has 5 atom stereocenters. The highest BCUT2D eigenvalue weighted by Gasteiger charge is 2.47. The molecule has 2 aliphatic heterocycles. The Kier molecular flexibility index (Phi) is 4.64. The van der Waals surface area contributed by atoms with E-state index >= 15 is 0 Å². The van der Waals surface area contributed by atoms with Crippen molar-refractivity contribution in [1.82, 2.24) is 0 Å². The Morgan fingerprint density at radius 2 is 2.05 bits per heavy atom. The largest absolute Gasteiger partial charge is 0.353 e. The van der Waals surface area contributed by atoms with Gasteiger partial charge in [-0.2, -0.15) is 0 Å². The van der Waals surface area contributed by atoms with E-state index in [1.54, 1.807) is 0 Å². The quantitative estimate of drug-likeness (QED) is 0.748. The van der Waals surface area contributed by atoms with Crippen molar-refractivity contribution in [2.24, 2.45) is 11.8 Å². The minimum atomic E-state index is -0.547. The molecule has 2 saturated heterocycles. The van der Waals surface area contributed by atoms with Crippen molar-refractivity contribution in [2.75, 3.05) is 13.2 Å². The molecular weight excluding hydrogens is 272 g/mol. The first-order valence-electron chi connectivity index (χ1n) is 8.13. The number of carbonyl (C=O) groups is 1. The summed E-state index contributed by atoms with van der Waals surface area (Å²) in [4.78, 5) is 11.6. The summed E-state index contributed by atoms with van der Waals surface area (Å²) in [5, 5.41) is 0. The average molecular weight is 298 g/mol. The van der Waals surface area contributed by atoms with Gasteiger partial charge in [0.15, 0.2) is 12.1 Å². The van der Waals surface area contributed by atoms with Gasteiger partial charge >= 0.3 is 0 Å². The van der Waals surface area contributed by atoms with Gasteiger partial charge in [-0.1, -0.05) is 0 Å². The second-order valence-corrected chi connectivity index (χ2v) is 6.79. The highest BCUT2D eigenvalue weighted by molar-refractivity contribution is 5.55. The van der Waals surface area contributed by atoms with Gasteiger partial charge in [-0.05, 0) is 46.0 Å². The van der Waals surface area contributed by atoms with Gasteiger partial charge in [0.2, 0.25) is 0 Å². The molecule has 5 nitrogen and oxygen atoms in total. The van der Waals surface area contributed by atoms with Gasteiger partial charge < -0.3 is 23.7 Å². The molecule has 0 N–H and O–H groups in total. The molecule has 1 aliphatic carbocycles. The first kappa shape index (κ1) is 15.4. The fourth-order valence-corrected chi connectivity index (χ4v) is 3.68. The molecule has 5 heteroatoms. The lowest BCUT2D eigenvalue weighted by Gasteiger charge is -2.48. The third-order valence-electron chi connectivity index (χ3n) is 4.82. The van der Waals surface area contributed by atoms with E-state index in [2.05, 4.69) is 0 Å². The van der Waals surface area contributed by atoms with Crippen LogP contribution in [0.15, 0.2) is 0 Å². The van der Waals surface area contributed by atoms with Crippen LogP contribution < -0.4 is 0 Å². The molecule has 3 aliphatic rings. The summed E-state index contributed by atoms with van der Waals surface area (Å²) in [5.41, 5.74) is 0. The minimum absolute atomic E-state index is 0.0692. The molecule has 0 spiro atoms. The van der Waals surface area contributed by atoms with E-state index in [0.29, 0.717) is 6.61 Å². The lowest BCUT2D eigenvalue weighted by Crippen LogP contribution is -2.54. The first-order valence-corrected chi connectivity index (χ1v) is 8.13. The lowest BCUT2D eigenvalue weighted by molar-refractivity contribution is -0.314. The number of rotatable bonds is 3. The van der Waals surface area contributed by atoms with Crippen molar-refractivity contribution in [3.8, 4) is 0 Å². The third kappa shape index (κ3) is 3.47. The normalized spacial score (nSPS) is 43.0. The molecule has 3 rings (SSSR count). The topological polar surface area (TPSA) is 54.0 Å². The van der Waals surface area contributed by atoms with Crippen molar-refractivity contribution in [3.05, 3.63) is 0 Å². The smallest absolute Gasteiger partial charge is 0.163 e. The summed E-state index contributed by atoms with van der Waals surface area (Å²) in [6, 6.07) is 0. The van der Waals surface area contributed by atoms with Gasteiger partial charge in [0.25, 0.3) is 0 Å². The number of aldehydes is 1. The SMILES string of the molecule is CC1(C)OC[C@@H]2[C@@H](C=O)[C@H](OC3CCCCO3)CC[C@@H]2O1. The zero-order valence-electron chi connectivity index (χ0n) is 13.0. The van der Waals surface area contributed by atoms with E-state index in [-0.39, 0.29) is 30.3 Å². The Balaban J connectivity index is 1.63. The van der Waals surface area contributed by atoms with Crippen molar-refractivity contribution in [2.45, 2.75) is 70.2 Å². The van der Waals surface area contributed by atoms with Crippen LogP contribution in [0.3, 0.4) is 0 Å². The second kappa shape index (κ2) is 6.32. The van der Waals surface area contributed by atoms with Crippen molar-refractivity contribution in [3.63, 3.8) is 0 Å². The van der Waals surface area contributed by atoms with Gasteiger partial charge in [0, 0.05) is 18.4 Å². The number of hydrogen-bond acceptors (Lipinski definition) is 5. The number of carbonyl (C=O) groups excluding carboxylic acids is 1. The van der Waals surface area contributed by atoms with Crippen LogP contribution in [0.5, 0.6) is 0 Å². The monoisotopic (exact) mass is 298 g/mol. The average Bonchev–Trinajstić information content (AvgIpc) is 2.47. The standard InChI is InChI=1S/C16H26O5/c1-16(2)19-10-12-11(9-17)13(6-7-14(12)21-16)20-15-5-3-4-8-18-15/h9,11-15H,3-8,10H2,1-2H3/t11-,12-,13-,14+,15?/m1/s1. The van der Waals surface area contributed by atoms with E-state index < -0.39 is 5.79 Å². The van der Waals surface area contributed by atoms with Gasteiger partial charge in [-0.25, -0.2) is 0 Å². The zero-order valence-corrected chi connectivity index (χ0v) is 13.0. The van der Waals surface area contributed by atoms with Crippen molar-refractivity contribution in [1.29, 1.82) is 0 Å². The summed E-state index contributed by atoms with van der Waals surface area (Å²) >= 11 is 0. The molecule has 0 aromatic heterocycles. The third-order valence-corrected chi connectivity index (χ3v) is 4.82. The Labute approximate surface area is 126 Å².